The largest absolute Gasteiger partial charge is 0.468 e. The molecule has 20 heavy (non-hydrogen) atoms. The zero-order valence-electron chi connectivity index (χ0n) is 11.7. The smallest absolute Gasteiger partial charge is 0.315 e. The number of rotatable bonds is 7. The zero-order chi connectivity index (χ0) is 15.0. The van der Waals surface area contributed by atoms with Gasteiger partial charge in [0.25, 0.3) is 0 Å². The predicted octanol–water partition coefficient (Wildman–Crippen LogP) is 1.77. The third-order valence-electron chi connectivity index (χ3n) is 2.43. The van der Waals surface area contributed by atoms with Crippen molar-refractivity contribution in [3.8, 4) is 0 Å². The Hall–Kier alpha value is -1.53. The van der Waals surface area contributed by atoms with Crippen LogP contribution in [-0.4, -0.2) is 30.8 Å². The van der Waals surface area contributed by atoms with Gasteiger partial charge in [0.05, 0.1) is 12.9 Å². The normalized spacial score (nSPS) is 11.8. The number of carbonyl (C=O) groups is 2. The quantitative estimate of drug-likeness (QED) is 0.749. The highest BCUT2D eigenvalue weighted by atomic mass is 32.2. The van der Waals surface area contributed by atoms with Crippen LogP contribution in [0.1, 0.15) is 18.9 Å². The van der Waals surface area contributed by atoms with Crippen molar-refractivity contribution in [3.05, 3.63) is 29.8 Å². The van der Waals surface area contributed by atoms with E-state index >= 15 is 0 Å². The number of benzene rings is 1. The minimum Gasteiger partial charge on any atom is -0.468 e. The molecule has 1 aromatic carbocycles. The molecular formula is C14H20N2O3S. The molecule has 110 valence electrons. The van der Waals surface area contributed by atoms with E-state index in [4.69, 9.17) is 5.73 Å². The number of hydrogen-bond acceptors (Lipinski definition) is 5. The lowest BCUT2D eigenvalue weighted by Crippen LogP contribution is -2.23. The van der Waals surface area contributed by atoms with Crippen LogP contribution in [0.25, 0.3) is 0 Å². The van der Waals surface area contributed by atoms with Crippen LogP contribution in [0.4, 0.5) is 5.69 Å². The fourth-order valence-electron chi connectivity index (χ4n) is 1.55. The molecule has 6 heteroatoms. The summed E-state index contributed by atoms with van der Waals surface area (Å²) in [6.07, 6.45) is 0.293. The molecule has 5 nitrogen and oxygen atoms in total. The van der Waals surface area contributed by atoms with Gasteiger partial charge in [-0.25, -0.2) is 0 Å². The molecule has 0 heterocycles. The monoisotopic (exact) mass is 296 g/mol. The maximum absolute atomic E-state index is 11.6. The van der Waals surface area contributed by atoms with Crippen LogP contribution in [0, 0.1) is 0 Å². The minimum atomic E-state index is -0.239. The molecule has 0 spiro atoms. The zero-order valence-corrected chi connectivity index (χ0v) is 12.5. The van der Waals surface area contributed by atoms with Gasteiger partial charge in [-0.3, -0.25) is 9.59 Å². The topological polar surface area (TPSA) is 81.4 Å². The Morgan fingerprint density at radius 3 is 2.85 bits per heavy atom. The first-order chi connectivity index (χ1) is 9.51. The molecule has 1 amide bonds. The Balaban J connectivity index is 2.49. The Kier molecular flexibility index (Phi) is 7.11. The number of nitrogens with two attached hydrogens (primary N) is 1. The van der Waals surface area contributed by atoms with Crippen molar-refractivity contribution in [1.82, 2.24) is 0 Å². The van der Waals surface area contributed by atoms with Gasteiger partial charge in [0.2, 0.25) is 5.91 Å². The van der Waals surface area contributed by atoms with E-state index in [1.165, 1.54) is 18.9 Å². The van der Waals surface area contributed by atoms with Gasteiger partial charge in [-0.15, -0.1) is 11.8 Å². The van der Waals surface area contributed by atoms with E-state index < -0.39 is 0 Å². The summed E-state index contributed by atoms with van der Waals surface area (Å²) in [7, 11) is 1.37. The number of anilines is 1. The molecular weight excluding hydrogens is 276 g/mol. The third kappa shape index (κ3) is 6.58. The van der Waals surface area contributed by atoms with Crippen LogP contribution in [0.2, 0.25) is 0 Å². The first-order valence-corrected chi connectivity index (χ1v) is 7.45. The summed E-state index contributed by atoms with van der Waals surface area (Å²) < 4.78 is 4.57. The highest BCUT2D eigenvalue weighted by Gasteiger charge is 2.06. The minimum absolute atomic E-state index is 0.0978. The molecule has 0 aliphatic rings. The molecule has 0 aliphatic heterocycles. The van der Waals surface area contributed by atoms with Crippen LogP contribution >= 0.6 is 11.8 Å². The Bertz CT molecular complexity index is 463. The Morgan fingerprint density at radius 1 is 1.45 bits per heavy atom. The number of ether oxygens (including phenoxy) is 1. The standard InChI is InChI=1S/C14H20N2O3S/c1-10(15)6-13(17)16-12-5-3-4-11(7-12)8-20-9-14(18)19-2/h3-5,7,10H,6,8-9,15H2,1-2H3,(H,16,17). The molecule has 0 aromatic heterocycles. The van der Waals surface area contributed by atoms with Crippen LogP contribution in [0.5, 0.6) is 0 Å². The lowest BCUT2D eigenvalue weighted by molar-refractivity contribution is -0.137. The summed E-state index contributed by atoms with van der Waals surface area (Å²) in [4.78, 5) is 22.6. The number of nitrogens with one attached hydrogen (secondary N) is 1. The fourth-order valence-corrected chi connectivity index (χ4v) is 2.36. The van der Waals surface area contributed by atoms with E-state index in [2.05, 4.69) is 10.1 Å². The van der Waals surface area contributed by atoms with Crippen molar-refractivity contribution in [2.24, 2.45) is 5.73 Å². The molecule has 3 N–H and O–H groups in total. The highest BCUT2D eigenvalue weighted by molar-refractivity contribution is 7.99. The van der Waals surface area contributed by atoms with Crippen molar-refractivity contribution in [2.75, 3.05) is 18.2 Å². The third-order valence-corrected chi connectivity index (χ3v) is 3.41. The predicted molar refractivity (Wildman–Crippen MR) is 81.5 cm³/mol. The molecule has 1 atom stereocenters. The SMILES string of the molecule is COC(=O)CSCc1cccc(NC(=O)CC(C)N)c1. The van der Waals surface area contributed by atoms with E-state index in [0.29, 0.717) is 17.9 Å². The van der Waals surface area contributed by atoms with Gasteiger partial charge < -0.3 is 15.8 Å². The summed E-state index contributed by atoms with van der Waals surface area (Å²) in [6.45, 7) is 1.79. The number of carbonyl (C=O) groups excluding carboxylic acids is 2. The summed E-state index contributed by atoms with van der Waals surface area (Å²) in [5, 5.41) is 2.80. The lowest BCUT2D eigenvalue weighted by Gasteiger charge is -2.08. The highest BCUT2D eigenvalue weighted by Crippen LogP contribution is 2.17. The van der Waals surface area contributed by atoms with E-state index in [-0.39, 0.29) is 17.9 Å². The first-order valence-electron chi connectivity index (χ1n) is 6.30. The summed E-state index contributed by atoms with van der Waals surface area (Å²) in [5.74, 6) is 0.667. The lowest BCUT2D eigenvalue weighted by atomic mass is 10.2. The summed E-state index contributed by atoms with van der Waals surface area (Å²) in [6, 6.07) is 7.38. The molecule has 1 rings (SSSR count). The number of esters is 1. The van der Waals surface area contributed by atoms with Crippen LogP contribution < -0.4 is 11.1 Å². The molecule has 0 fully saturated rings. The molecule has 1 aromatic rings. The molecule has 0 radical (unpaired) electrons. The average molecular weight is 296 g/mol. The van der Waals surface area contributed by atoms with Gasteiger partial charge >= 0.3 is 5.97 Å². The van der Waals surface area contributed by atoms with E-state index in [1.807, 2.05) is 24.3 Å². The summed E-state index contributed by atoms with van der Waals surface area (Å²) >= 11 is 1.47. The average Bonchev–Trinajstić information content (AvgIpc) is 2.37. The van der Waals surface area contributed by atoms with Gasteiger partial charge in [0, 0.05) is 23.9 Å². The van der Waals surface area contributed by atoms with E-state index in [1.54, 1.807) is 6.92 Å². The first kappa shape index (κ1) is 16.5. The van der Waals surface area contributed by atoms with Crippen molar-refractivity contribution < 1.29 is 14.3 Å². The van der Waals surface area contributed by atoms with Gasteiger partial charge in [-0.1, -0.05) is 12.1 Å². The van der Waals surface area contributed by atoms with Gasteiger partial charge in [-0.05, 0) is 24.6 Å². The van der Waals surface area contributed by atoms with E-state index in [0.717, 1.165) is 11.3 Å². The fraction of sp³-hybridized carbons (Fsp3) is 0.429. The Morgan fingerprint density at radius 2 is 2.20 bits per heavy atom. The maximum atomic E-state index is 11.6. The molecule has 0 saturated carbocycles. The van der Waals surface area contributed by atoms with Crippen LogP contribution in [-0.2, 0) is 20.1 Å². The molecule has 0 saturated heterocycles. The Labute approximate surface area is 123 Å². The second-order valence-corrected chi connectivity index (χ2v) is 5.48. The van der Waals surface area contributed by atoms with Gasteiger partial charge in [0.1, 0.15) is 0 Å². The number of amides is 1. The second kappa shape index (κ2) is 8.60. The summed E-state index contributed by atoms with van der Waals surface area (Å²) in [5.41, 5.74) is 7.36. The second-order valence-electron chi connectivity index (χ2n) is 4.50. The van der Waals surface area contributed by atoms with Crippen LogP contribution in [0.3, 0.4) is 0 Å². The van der Waals surface area contributed by atoms with Crippen molar-refractivity contribution in [2.45, 2.75) is 25.1 Å². The number of hydrogen-bond donors (Lipinski definition) is 2. The van der Waals surface area contributed by atoms with E-state index in [9.17, 15) is 9.59 Å². The van der Waals surface area contributed by atoms with Crippen molar-refractivity contribution in [3.63, 3.8) is 0 Å². The molecule has 1 unspecified atom stereocenters. The van der Waals surface area contributed by atoms with Crippen molar-refractivity contribution >= 4 is 29.3 Å². The number of thioether (sulfide) groups is 1. The number of methoxy groups -OCH3 is 1. The molecule has 0 bridgehead atoms. The maximum Gasteiger partial charge on any atom is 0.315 e. The van der Waals surface area contributed by atoms with Crippen LogP contribution in [0.15, 0.2) is 24.3 Å². The van der Waals surface area contributed by atoms with Crippen molar-refractivity contribution in [1.29, 1.82) is 0 Å². The van der Waals surface area contributed by atoms with Gasteiger partial charge in [0.15, 0.2) is 0 Å². The van der Waals surface area contributed by atoms with Gasteiger partial charge in [-0.2, -0.15) is 0 Å². The molecule has 0 aliphatic carbocycles.